The van der Waals surface area contributed by atoms with Crippen molar-refractivity contribution in [1.29, 1.82) is 0 Å². The molecular formula is C13H12F2N2O2S. The number of hydrogen-bond donors (Lipinski definition) is 1. The van der Waals surface area contributed by atoms with E-state index in [4.69, 9.17) is 0 Å². The summed E-state index contributed by atoms with van der Waals surface area (Å²) in [6.45, 7) is 1.63. The van der Waals surface area contributed by atoms with Crippen LogP contribution in [0.2, 0.25) is 0 Å². The van der Waals surface area contributed by atoms with Crippen LogP contribution in [0.25, 0.3) is 0 Å². The second-order valence-electron chi connectivity index (χ2n) is 4.23. The van der Waals surface area contributed by atoms with Crippen LogP contribution in [-0.4, -0.2) is 13.4 Å². The Kier molecular flexibility index (Phi) is 4.10. The highest BCUT2D eigenvalue weighted by atomic mass is 32.2. The first kappa shape index (κ1) is 14.5. The van der Waals surface area contributed by atoms with E-state index in [0.717, 1.165) is 12.1 Å². The van der Waals surface area contributed by atoms with Crippen LogP contribution in [0.4, 0.5) is 8.78 Å². The number of halogens is 2. The Balaban J connectivity index is 2.27. The first-order valence-corrected chi connectivity index (χ1v) is 7.25. The fourth-order valence-corrected chi connectivity index (χ4v) is 2.98. The average Bonchev–Trinajstić information content (AvgIpc) is 2.38. The third-order valence-corrected chi connectivity index (χ3v) is 4.20. The third kappa shape index (κ3) is 3.37. The van der Waals surface area contributed by atoms with Gasteiger partial charge in [0.05, 0.1) is 4.90 Å². The Morgan fingerprint density at radius 1 is 1.10 bits per heavy atom. The molecule has 1 atom stereocenters. The van der Waals surface area contributed by atoms with Gasteiger partial charge >= 0.3 is 0 Å². The highest BCUT2D eigenvalue weighted by molar-refractivity contribution is 7.89. The zero-order valence-electron chi connectivity index (χ0n) is 10.5. The molecule has 0 spiro atoms. The van der Waals surface area contributed by atoms with Crippen LogP contribution in [0.3, 0.4) is 0 Å². The molecular weight excluding hydrogens is 286 g/mol. The SMILES string of the molecule is C[C@H](NS(=O)(=O)c1cc(F)cc(F)c1)c1ccncc1. The van der Waals surface area contributed by atoms with Gasteiger partial charge < -0.3 is 0 Å². The second kappa shape index (κ2) is 5.64. The Bertz CT molecular complexity index is 685. The molecule has 0 aliphatic heterocycles. The molecule has 1 aromatic heterocycles. The molecule has 0 aliphatic rings. The van der Waals surface area contributed by atoms with Gasteiger partial charge in [-0.25, -0.2) is 21.9 Å². The summed E-state index contributed by atoms with van der Waals surface area (Å²) < 4.78 is 52.6. The summed E-state index contributed by atoms with van der Waals surface area (Å²) in [7, 11) is -4.00. The quantitative estimate of drug-likeness (QED) is 0.943. The Morgan fingerprint density at radius 3 is 2.20 bits per heavy atom. The van der Waals surface area contributed by atoms with Gasteiger partial charge in [0.15, 0.2) is 0 Å². The summed E-state index contributed by atoms with van der Waals surface area (Å²) in [6.07, 6.45) is 3.06. The molecule has 2 rings (SSSR count). The second-order valence-corrected chi connectivity index (χ2v) is 5.94. The van der Waals surface area contributed by atoms with Crippen molar-refractivity contribution in [2.24, 2.45) is 0 Å². The van der Waals surface area contributed by atoms with Crippen LogP contribution < -0.4 is 4.72 Å². The Morgan fingerprint density at radius 2 is 1.65 bits per heavy atom. The number of aromatic nitrogens is 1. The molecule has 0 unspecified atom stereocenters. The normalized spacial score (nSPS) is 13.2. The van der Waals surface area contributed by atoms with Crippen molar-refractivity contribution < 1.29 is 17.2 Å². The average molecular weight is 298 g/mol. The van der Waals surface area contributed by atoms with Crippen LogP contribution in [0.15, 0.2) is 47.6 Å². The number of nitrogens with one attached hydrogen (secondary N) is 1. The third-order valence-electron chi connectivity index (χ3n) is 2.68. The zero-order valence-corrected chi connectivity index (χ0v) is 11.4. The lowest BCUT2D eigenvalue weighted by Gasteiger charge is -2.14. The van der Waals surface area contributed by atoms with Gasteiger partial charge in [0.2, 0.25) is 10.0 Å². The predicted octanol–water partition coefficient (Wildman–Crippen LogP) is 2.40. The minimum Gasteiger partial charge on any atom is -0.265 e. The molecule has 0 amide bonds. The number of pyridine rings is 1. The van der Waals surface area contributed by atoms with Gasteiger partial charge in [-0.2, -0.15) is 0 Å². The molecule has 1 heterocycles. The van der Waals surface area contributed by atoms with E-state index in [1.165, 1.54) is 12.4 Å². The maximum absolute atomic E-state index is 13.1. The smallest absolute Gasteiger partial charge is 0.241 e. The fraction of sp³-hybridized carbons (Fsp3) is 0.154. The van der Waals surface area contributed by atoms with Gasteiger partial charge in [-0.15, -0.1) is 0 Å². The fourth-order valence-electron chi connectivity index (χ4n) is 1.70. The highest BCUT2D eigenvalue weighted by Gasteiger charge is 2.19. The topological polar surface area (TPSA) is 59.1 Å². The van der Waals surface area contributed by atoms with Crippen LogP contribution in [0.5, 0.6) is 0 Å². The Hall–Kier alpha value is -1.86. The molecule has 4 nitrogen and oxygen atoms in total. The van der Waals surface area contributed by atoms with Crippen LogP contribution in [0, 0.1) is 11.6 Å². The van der Waals surface area contributed by atoms with Crippen molar-refractivity contribution >= 4 is 10.0 Å². The van der Waals surface area contributed by atoms with Crippen molar-refractivity contribution in [3.05, 3.63) is 59.9 Å². The number of sulfonamides is 1. The summed E-state index contributed by atoms with van der Waals surface area (Å²) >= 11 is 0. The number of rotatable bonds is 4. The molecule has 0 aliphatic carbocycles. The van der Waals surface area contributed by atoms with Gasteiger partial charge in [0, 0.05) is 24.5 Å². The first-order valence-electron chi connectivity index (χ1n) is 5.77. The molecule has 1 aromatic carbocycles. The molecule has 0 radical (unpaired) electrons. The number of benzene rings is 1. The lowest BCUT2D eigenvalue weighted by Crippen LogP contribution is -2.27. The molecule has 0 saturated heterocycles. The van der Waals surface area contributed by atoms with E-state index in [9.17, 15) is 17.2 Å². The maximum atomic E-state index is 13.1. The molecule has 106 valence electrons. The van der Waals surface area contributed by atoms with Gasteiger partial charge in [-0.1, -0.05) is 0 Å². The number of nitrogens with zero attached hydrogens (tertiary/aromatic N) is 1. The van der Waals surface area contributed by atoms with Crippen molar-refractivity contribution in [2.45, 2.75) is 17.9 Å². The summed E-state index contributed by atoms with van der Waals surface area (Å²) in [4.78, 5) is 3.38. The van der Waals surface area contributed by atoms with Crippen molar-refractivity contribution in [3.63, 3.8) is 0 Å². The van der Waals surface area contributed by atoms with Crippen LogP contribution in [0.1, 0.15) is 18.5 Å². The van der Waals surface area contributed by atoms with E-state index in [1.807, 2.05) is 0 Å². The highest BCUT2D eigenvalue weighted by Crippen LogP contribution is 2.18. The summed E-state index contributed by atoms with van der Waals surface area (Å²) in [5, 5.41) is 0. The van der Waals surface area contributed by atoms with Crippen LogP contribution >= 0.6 is 0 Å². The van der Waals surface area contributed by atoms with E-state index < -0.39 is 32.6 Å². The van der Waals surface area contributed by atoms with E-state index in [2.05, 4.69) is 9.71 Å². The molecule has 0 fully saturated rings. The lowest BCUT2D eigenvalue weighted by atomic mass is 10.1. The molecule has 0 bridgehead atoms. The maximum Gasteiger partial charge on any atom is 0.241 e. The summed E-state index contributed by atoms with van der Waals surface area (Å²) in [5.74, 6) is -1.89. The monoisotopic (exact) mass is 298 g/mol. The standard InChI is InChI=1S/C13H12F2N2O2S/c1-9(10-2-4-16-5-3-10)17-20(18,19)13-7-11(14)6-12(15)8-13/h2-9,17H,1H3/t9-/m0/s1. The number of hydrogen-bond acceptors (Lipinski definition) is 3. The molecule has 7 heteroatoms. The summed E-state index contributed by atoms with van der Waals surface area (Å²) in [5.41, 5.74) is 0.695. The molecule has 2 aromatic rings. The minimum absolute atomic E-state index is 0.448. The van der Waals surface area contributed by atoms with E-state index in [0.29, 0.717) is 11.6 Å². The first-order chi connectivity index (χ1) is 9.38. The van der Waals surface area contributed by atoms with Gasteiger partial charge in [-0.3, -0.25) is 4.98 Å². The molecule has 1 N–H and O–H groups in total. The molecule has 20 heavy (non-hydrogen) atoms. The van der Waals surface area contributed by atoms with E-state index in [1.54, 1.807) is 19.1 Å². The zero-order chi connectivity index (χ0) is 14.8. The van der Waals surface area contributed by atoms with Crippen molar-refractivity contribution in [3.8, 4) is 0 Å². The predicted molar refractivity (Wildman–Crippen MR) is 69.3 cm³/mol. The van der Waals surface area contributed by atoms with E-state index >= 15 is 0 Å². The van der Waals surface area contributed by atoms with Gasteiger partial charge in [0.25, 0.3) is 0 Å². The largest absolute Gasteiger partial charge is 0.265 e. The van der Waals surface area contributed by atoms with Gasteiger partial charge in [-0.05, 0) is 36.8 Å². The summed E-state index contributed by atoms with van der Waals surface area (Å²) in [6, 6.07) is 4.91. The minimum atomic E-state index is -4.00. The molecule has 0 saturated carbocycles. The van der Waals surface area contributed by atoms with Crippen molar-refractivity contribution in [1.82, 2.24) is 9.71 Å². The van der Waals surface area contributed by atoms with E-state index in [-0.39, 0.29) is 0 Å². The lowest BCUT2D eigenvalue weighted by molar-refractivity contribution is 0.553. The van der Waals surface area contributed by atoms with Crippen molar-refractivity contribution in [2.75, 3.05) is 0 Å². The van der Waals surface area contributed by atoms with Crippen LogP contribution in [-0.2, 0) is 10.0 Å². The Labute approximate surface area is 115 Å². The van der Waals surface area contributed by atoms with Gasteiger partial charge in [0.1, 0.15) is 11.6 Å².